The molecule has 0 amide bonds. The molecule has 7 heteroatoms. The second-order valence-electron chi connectivity index (χ2n) is 8.20. The first-order chi connectivity index (χ1) is 13.5. The number of rotatable bonds is 6. The minimum atomic E-state index is -0.441. The van der Waals surface area contributed by atoms with Gasteiger partial charge in [0.1, 0.15) is 5.75 Å². The smallest absolute Gasteiger partial charge is 0.119 e. The molecule has 0 spiro atoms. The topological polar surface area (TPSA) is 82.8 Å². The van der Waals surface area contributed by atoms with Crippen molar-refractivity contribution in [1.29, 1.82) is 0 Å². The molecule has 0 bridgehead atoms. The van der Waals surface area contributed by atoms with Crippen LogP contribution in [0.15, 0.2) is 30.5 Å². The van der Waals surface area contributed by atoms with Crippen LogP contribution in [0.25, 0.3) is 5.69 Å². The van der Waals surface area contributed by atoms with Crippen molar-refractivity contribution < 1.29 is 14.9 Å². The van der Waals surface area contributed by atoms with Crippen LogP contribution in [-0.4, -0.2) is 70.9 Å². The summed E-state index contributed by atoms with van der Waals surface area (Å²) in [5.74, 6) is 1.51. The Morgan fingerprint density at radius 3 is 2.64 bits per heavy atom. The van der Waals surface area contributed by atoms with Crippen LogP contribution in [0.2, 0.25) is 0 Å². The molecule has 7 nitrogen and oxygen atoms in total. The van der Waals surface area contributed by atoms with E-state index >= 15 is 0 Å². The third-order valence-corrected chi connectivity index (χ3v) is 6.67. The van der Waals surface area contributed by atoms with Gasteiger partial charge in [-0.1, -0.05) is 0 Å². The molecule has 0 unspecified atom stereocenters. The Labute approximate surface area is 165 Å². The SMILES string of the molecule is COc1ccc(-n2ncc([C@@H]3N[C@@](CO)(CCO)[C@@H]4CN(C)C[C@@H]43)c2C)cc1. The molecule has 2 aliphatic rings. The highest BCUT2D eigenvalue weighted by molar-refractivity contribution is 5.40. The fourth-order valence-corrected chi connectivity index (χ4v) is 5.20. The van der Waals surface area contributed by atoms with Gasteiger partial charge in [-0.2, -0.15) is 5.10 Å². The standard InChI is InChI=1S/C21H30N4O3/c1-14-17(10-22-25(14)15-4-6-16(28-3)7-5-15)20-18-11-24(2)12-19(18)21(13-27,23-20)8-9-26/h4-7,10,18-20,23,26-27H,8-9,11-13H2,1-3H3/t18-,19+,20-,21+/m0/s1. The molecule has 1 aromatic heterocycles. The number of aliphatic hydroxyl groups excluding tert-OH is 2. The van der Waals surface area contributed by atoms with Gasteiger partial charge >= 0.3 is 0 Å². The number of aromatic nitrogens is 2. The number of benzene rings is 1. The summed E-state index contributed by atoms with van der Waals surface area (Å²) in [6.45, 7) is 4.10. The third-order valence-electron chi connectivity index (χ3n) is 6.67. The van der Waals surface area contributed by atoms with Crippen LogP contribution in [-0.2, 0) is 0 Å². The molecule has 0 aliphatic carbocycles. The van der Waals surface area contributed by atoms with Gasteiger partial charge in [-0.05, 0) is 56.5 Å². The summed E-state index contributed by atoms with van der Waals surface area (Å²) >= 11 is 0. The molecule has 152 valence electrons. The van der Waals surface area contributed by atoms with Gasteiger partial charge in [0.15, 0.2) is 0 Å². The summed E-state index contributed by atoms with van der Waals surface area (Å²) in [7, 11) is 3.79. The van der Waals surface area contributed by atoms with Gasteiger partial charge in [-0.3, -0.25) is 0 Å². The van der Waals surface area contributed by atoms with E-state index in [1.165, 1.54) is 0 Å². The lowest BCUT2D eigenvalue weighted by Gasteiger charge is -2.33. The molecule has 4 atom stereocenters. The van der Waals surface area contributed by atoms with Crippen LogP contribution < -0.4 is 10.1 Å². The summed E-state index contributed by atoms with van der Waals surface area (Å²) in [5.41, 5.74) is 2.80. The summed E-state index contributed by atoms with van der Waals surface area (Å²) in [6, 6.07) is 7.98. The van der Waals surface area contributed by atoms with E-state index in [1.54, 1.807) is 7.11 Å². The first kappa shape index (κ1) is 19.4. The molecule has 2 saturated heterocycles. The van der Waals surface area contributed by atoms with E-state index in [4.69, 9.17) is 4.74 Å². The van der Waals surface area contributed by atoms with Crippen molar-refractivity contribution in [2.24, 2.45) is 11.8 Å². The molecule has 2 aromatic rings. The second-order valence-corrected chi connectivity index (χ2v) is 8.20. The molecular weight excluding hydrogens is 356 g/mol. The Morgan fingerprint density at radius 2 is 2.00 bits per heavy atom. The first-order valence-corrected chi connectivity index (χ1v) is 9.90. The number of methoxy groups -OCH3 is 1. The van der Waals surface area contributed by atoms with E-state index in [9.17, 15) is 10.2 Å². The molecule has 0 saturated carbocycles. The average molecular weight is 386 g/mol. The van der Waals surface area contributed by atoms with Gasteiger partial charge in [0.2, 0.25) is 0 Å². The summed E-state index contributed by atoms with van der Waals surface area (Å²) in [5, 5.41) is 28.2. The zero-order valence-electron chi connectivity index (χ0n) is 16.8. The van der Waals surface area contributed by atoms with Crippen molar-refractivity contribution >= 4 is 0 Å². The normalized spacial score (nSPS) is 30.0. The van der Waals surface area contributed by atoms with Gasteiger partial charge < -0.3 is 25.2 Å². The van der Waals surface area contributed by atoms with Gasteiger partial charge in [0, 0.05) is 42.5 Å². The number of nitrogens with one attached hydrogen (secondary N) is 1. The largest absolute Gasteiger partial charge is 0.497 e. The molecule has 1 aromatic carbocycles. The van der Waals surface area contributed by atoms with E-state index in [0.717, 1.165) is 35.8 Å². The van der Waals surface area contributed by atoms with E-state index in [0.29, 0.717) is 18.3 Å². The van der Waals surface area contributed by atoms with Crippen LogP contribution in [0.3, 0.4) is 0 Å². The zero-order chi connectivity index (χ0) is 19.9. The molecule has 2 fully saturated rings. The number of nitrogens with zero attached hydrogens (tertiary/aromatic N) is 3. The van der Waals surface area contributed by atoms with Crippen molar-refractivity contribution in [2.45, 2.75) is 24.9 Å². The Kier molecular flexibility index (Phi) is 5.18. The van der Waals surface area contributed by atoms with Gasteiger partial charge in [0.05, 0.1) is 25.6 Å². The fourth-order valence-electron chi connectivity index (χ4n) is 5.20. The molecule has 3 heterocycles. The van der Waals surface area contributed by atoms with Crippen molar-refractivity contribution in [3.05, 3.63) is 41.7 Å². The number of fused-ring (bicyclic) bond motifs is 1. The Bertz CT molecular complexity index is 822. The highest BCUT2D eigenvalue weighted by Crippen LogP contribution is 2.48. The maximum absolute atomic E-state index is 10.2. The average Bonchev–Trinajstić information content (AvgIpc) is 3.35. The van der Waals surface area contributed by atoms with Crippen LogP contribution in [0.1, 0.15) is 23.7 Å². The molecule has 3 N–H and O–H groups in total. The molecular formula is C21H30N4O3. The minimum absolute atomic E-state index is 0.0325. The van der Waals surface area contributed by atoms with Gasteiger partial charge in [0.25, 0.3) is 0 Å². The summed E-state index contributed by atoms with van der Waals surface area (Å²) in [4.78, 5) is 2.33. The fraction of sp³-hybridized carbons (Fsp3) is 0.571. The van der Waals surface area contributed by atoms with Crippen molar-refractivity contribution in [3.8, 4) is 11.4 Å². The predicted octanol–water partition coefficient (Wildman–Crippen LogP) is 1.12. The minimum Gasteiger partial charge on any atom is -0.497 e. The first-order valence-electron chi connectivity index (χ1n) is 9.90. The van der Waals surface area contributed by atoms with Crippen LogP contribution in [0.5, 0.6) is 5.75 Å². The number of ether oxygens (including phenoxy) is 1. The molecule has 2 aliphatic heterocycles. The van der Waals surface area contributed by atoms with E-state index in [1.807, 2.05) is 35.1 Å². The lowest BCUT2D eigenvalue weighted by Crippen LogP contribution is -2.51. The van der Waals surface area contributed by atoms with Crippen molar-refractivity contribution in [1.82, 2.24) is 20.0 Å². The van der Waals surface area contributed by atoms with Crippen molar-refractivity contribution in [3.63, 3.8) is 0 Å². The monoisotopic (exact) mass is 386 g/mol. The molecule has 0 radical (unpaired) electrons. The Hall–Kier alpha value is -1.93. The van der Waals surface area contributed by atoms with Gasteiger partial charge in [-0.25, -0.2) is 4.68 Å². The Balaban J connectivity index is 1.68. The quantitative estimate of drug-likeness (QED) is 0.690. The van der Waals surface area contributed by atoms with E-state index in [-0.39, 0.29) is 19.3 Å². The van der Waals surface area contributed by atoms with Crippen LogP contribution in [0, 0.1) is 18.8 Å². The van der Waals surface area contributed by atoms with Gasteiger partial charge in [-0.15, -0.1) is 0 Å². The molecule has 4 rings (SSSR count). The second kappa shape index (κ2) is 7.48. The maximum atomic E-state index is 10.2. The highest BCUT2D eigenvalue weighted by atomic mass is 16.5. The number of likely N-dealkylation sites (tertiary alicyclic amines) is 1. The van der Waals surface area contributed by atoms with E-state index < -0.39 is 5.54 Å². The summed E-state index contributed by atoms with van der Waals surface area (Å²) in [6.07, 6.45) is 2.50. The third kappa shape index (κ3) is 3.03. The lowest BCUT2D eigenvalue weighted by molar-refractivity contribution is 0.0993. The number of hydrogen-bond acceptors (Lipinski definition) is 6. The van der Waals surface area contributed by atoms with Crippen molar-refractivity contribution in [2.75, 3.05) is 40.5 Å². The number of hydrogen-bond donors (Lipinski definition) is 3. The van der Waals surface area contributed by atoms with Crippen LogP contribution in [0.4, 0.5) is 0 Å². The predicted molar refractivity (Wildman–Crippen MR) is 107 cm³/mol. The van der Waals surface area contributed by atoms with Crippen LogP contribution >= 0.6 is 0 Å². The zero-order valence-corrected chi connectivity index (χ0v) is 16.8. The number of aliphatic hydroxyl groups is 2. The maximum Gasteiger partial charge on any atom is 0.119 e. The Morgan fingerprint density at radius 1 is 1.25 bits per heavy atom. The molecule has 28 heavy (non-hydrogen) atoms. The van der Waals surface area contributed by atoms with E-state index in [2.05, 4.69) is 29.3 Å². The lowest BCUT2D eigenvalue weighted by atomic mass is 9.79. The summed E-state index contributed by atoms with van der Waals surface area (Å²) < 4.78 is 7.20. The highest BCUT2D eigenvalue weighted by Gasteiger charge is 2.56.